The van der Waals surface area contributed by atoms with E-state index in [4.69, 9.17) is 4.74 Å². The van der Waals surface area contributed by atoms with Crippen LogP contribution < -0.4 is 4.74 Å². The Morgan fingerprint density at radius 3 is 2.77 bits per heavy atom. The molecule has 2 aromatic rings. The number of aryl methyl sites for hydroxylation is 1. The molecule has 1 heterocycles. The largest absolute Gasteiger partial charge is 0.493 e. The van der Waals surface area contributed by atoms with Gasteiger partial charge in [0.05, 0.1) is 12.3 Å². The van der Waals surface area contributed by atoms with E-state index in [1.807, 2.05) is 13.0 Å². The van der Waals surface area contributed by atoms with Crippen LogP contribution in [-0.4, -0.2) is 27.7 Å². The monoisotopic (exact) mass is 300 g/mol. The van der Waals surface area contributed by atoms with Crippen LogP contribution in [0, 0.1) is 0 Å². The Kier molecular flexibility index (Phi) is 5.47. The van der Waals surface area contributed by atoms with Crippen LogP contribution in [0.1, 0.15) is 42.9 Å². The summed E-state index contributed by atoms with van der Waals surface area (Å²) in [6.07, 6.45) is 4.66. The summed E-state index contributed by atoms with van der Waals surface area (Å²) in [6.45, 7) is 4.37. The standard InChI is InChI=1S/C17H20N2O3/c1-3-5-6-16-18-10-9-14(19-16)12-7-8-15(22-4-2)13(11-12)17(20)21/h7-11H,3-6H2,1-2H3,(H,20,21). The van der Waals surface area contributed by atoms with Crippen molar-refractivity contribution in [2.24, 2.45) is 0 Å². The number of hydrogen-bond acceptors (Lipinski definition) is 4. The first-order chi connectivity index (χ1) is 10.7. The summed E-state index contributed by atoms with van der Waals surface area (Å²) < 4.78 is 5.35. The van der Waals surface area contributed by atoms with Gasteiger partial charge in [-0.1, -0.05) is 13.3 Å². The van der Waals surface area contributed by atoms with Crippen LogP contribution in [0.3, 0.4) is 0 Å². The molecular formula is C17H20N2O3. The van der Waals surface area contributed by atoms with Crippen molar-refractivity contribution in [3.8, 4) is 17.0 Å². The molecule has 5 heteroatoms. The molecule has 2 rings (SSSR count). The predicted molar refractivity (Wildman–Crippen MR) is 84.2 cm³/mol. The highest BCUT2D eigenvalue weighted by molar-refractivity contribution is 5.92. The fourth-order valence-electron chi connectivity index (χ4n) is 2.15. The molecule has 0 saturated carbocycles. The van der Waals surface area contributed by atoms with Gasteiger partial charge in [0.15, 0.2) is 0 Å². The molecule has 0 amide bonds. The highest BCUT2D eigenvalue weighted by Crippen LogP contribution is 2.26. The lowest BCUT2D eigenvalue weighted by Crippen LogP contribution is -2.03. The number of aromatic nitrogens is 2. The van der Waals surface area contributed by atoms with Gasteiger partial charge in [0, 0.05) is 18.2 Å². The molecule has 0 atom stereocenters. The number of carbonyl (C=O) groups is 1. The average molecular weight is 300 g/mol. The zero-order valence-electron chi connectivity index (χ0n) is 12.9. The Balaban J connectivity index is 2.36. The predicted octanol–water partition coefficient (Wildman–Crippen LogP) is 3.58. The summed E-state index contributed by atoms with van der Waals surface area (Å²) in [5.41, 5.74) is 1.63. The minimum Gasteiger partial charge on any atom is -0.493 e. The van der Waals surface area contributed by atoms with Gasteiger partial charge in [0.25, 0.3) is 0 Å². The Morgan fingerprint density at radius 1 is 1.27 bits per heavy atom. The van der Waals surface area contributed by atoms with Crippen molar-refractivity contribution >= 4 is 5.97 Å². The highest BCUT2D eigenvalue weighted by Gasteiger charge is 2.13. The number of unbranched alkanes of at least 4 members (excludes halogenated alkanes) is 1. The fraction of sp³-hybridized carbons (Fsp3) is 0.353. The van der Waals surface area contributed by atoms with Gasteiger partial charge in [-0.15, -0.1) is 0 Å². The Hall–Kier alpha value is -2.43. The van der Waals surface area contributed by atoms with Crippen LogP contribution >= 0.6 is 0 Å². The quantitative estimate of drug-likeness (QED) is 0.846. The number of nitrogens with zero attached hydrogens (tertiary/aromatic N) is 2. The van der Waals surface area contributed by atoms with Gasteiger partial charge >= 0.3 is 5.97 Å². The molecule has 0 fully saturated rings. The molecular weight excluding hydrogens is 280 g/mol. The third kappa shape index (κ3) is 3.81. The second-order valence-electron chi connectivity index (χ2n) is 4.91. The maximum absolute atomic E-state index is 11.4. The van der Waals surface area contributed by atoms with E-state index < -0.39 is 5.97 Å². The second-order valence-corrected chi connectivity index (χ2v) is 4.91. The number of rotatable bonds is 7. The van der Waals surface area contributed by atoms with Crippen LogP contribution in [0.5, 0.6) is 5.75 Å². The summed E-state index contributed by atoms with van der Waals surface area (Å²) in [5.74, 6) is 0.148. The molecule has 1 N–H and O–H groups in total. The SMILES string of the molecule is CCCCc1nccc(-c2ccc(OCC)c(C(=O)O)c2)n1. The van der Waals surface area contributed by atoms with E-state index in [1.165, 1.54) is 0 Å². The topological polar surface area (TPSA) is 72.3 Å². The average Bonchev–Trinajstić information content (AvgIpc) is 2.53. The molecule has 116 valence electrons. The van der Waals surface area contributed by atoms with E-state index in [2.05, 4.69) is 16.9 Å². The molecule has 0 aliphatic carbocycles. The summed E-state index contributed by atoms with van der Waals surface area (Å²) in [6, 6.07) is 6.88. The van der Waals surface area contributed by atoms with Crippen molar-refractivity contribution in [3.05, 3.63) is 41.9 Å². The van der Waals surface area contributed by atoms with Crippen LogP contribution in [0.15, 0.2) is 30.5 Å². The molecule has 0 aliphatic heterocycles. The molecule has 1 aromatic carbocycles. The van der Waals surface area contributed by atoms with E-state index in [0.29, 0.717) is 12.4 Å². The first-order valence-electron chi connectivity index (χ1n) is 7.48. The van der Waals surface area contributed by atoms with E-state index in [-0.39, 0.29) is 5.56 Å². The van der Waals surface area contributed by atoms with Crippen molar-refractivity contribution in [3.63, 3.8) is 0 Å². The van der Waals surface area contributed by atoms with Crippen LogP contribution in [-0.2, 0) is 6.42 Å². The smallest absolute Gasteiger partial charge is 0.339 e. The maximum Gasteiger partial charge on any atom is 0.339 e. The van der Waals surface area contributed by atoms with E-state index >= 15 is 0 Å². The summed E-state index contributed by atoms with van der Waals surface area (Å²) >= 11 is 0. The van der Waals surface area contributed by atoms with Crippen molar-refractivity contribution in [2.45, 2.75) is 33.1 Å². The Morgan fingerprint density at radius 2 is 2.09 bits per heavy atom. The highest BCUT2D eigenvalue weighted by atomic mass is 16.5. The first-order valence-corrected chi connectivity index (χ1v) is 7.48. The Bertz CT molecular complexity index is 656. The zero-order valence-corrected chi connectivity index (χ0v) is 12.9. The molecule has 0 radical (unpaired) electrons. The minimum atomic E-state index is -1.01. The number of carboxylic acid groups (broad SMARTS) is 1. The Labute approximate surface area is 130 Å². The molecule has 22 heavy (non-hydrogen) atoms. The fourth-order valence-corrected chi connectivity index (χ4v) is 2.15. The number of ether oxygens (including phenoxy) is 1. The van der Waals surface area contributed by atoms with Crippen LogP contribution in [0.25, 0.3) is 11.3 Å². The van der Waals surface area contributed by atoms with Crippen molar-refractivity contribution in [1.29, 1.82) is 0 Å². The third-order valence-electron chi connectivity index (χ3n) is 3.26. The van der Waals surface area contributed by atoms with E-state index in [0.717, 1.165) is 36.3 Å². The van der Waals surface area contributed by atoms with Crippen molar-refractivity contribution < 1.29 is 14.6 Å². The van der Waals surface area contributed by atoms with Crippen molar-refractivity contribution in [1.82, 2.24) is 9.97 Å². The number of benzene rings is 1. The second kappa shape index (κ2) is 7.54. The van der Waals surface area contributed by atoms with Gasteiger partial charge in [-0.25, -0.2) is 14.8 Å². The van der Waals surface area contributed by atoms with Crippen LogP contribution in [0.4, 0.5) is 0 Å². The molecule has 1 aromatic heterocycles. The van der Waals surface area contributed by atoms with E-state index in [9.17, 15) is 9.90 Å². The number of carboxylic acids is 1. The molecule has 0 saturated heterocycles. The first kappa shape index (κ1) is 15.9. The summed E-state index contributed by atoms with van der Waals surface area (Å²) in [5, 5.41) is 9.32. The normalized spacial score (nSPS) is 10.5. The lowest BCUT2D eigenvalue weighted by atomic mass is 10.1. The molecule has 0 bridgehead atoms. The molecule has 0 spiro atoms. The minimum absolute atomic E-state index is 0.146. The lowest BCUT2D eigenvalue weighted by molar-refractivity contribution is 0.0692. The van der Waals surface area contributed by atoms with Gasteiger partial charge in [-0.3, -0.25) is 0 Å². The van der Waals surface area contributed by atoms with Crippen molar-refractivity contribution in [2.75, 3.05) is 6.61 Å². The zero-order chi connectivity index (χ0) is 15.9. The lowest BCUT2D eigenvalue weighted by Gasteiger charge is -2.09. The molecule has 0 unspecified atom stereocenters. The molecule has 0 aliphatic rings. The van der Waals surface area contributed by atoms with Crippen LogP contribution in [0.2, 0.25) is 0 Å². The van der Waals surface area contributed by atoms with Gasteiger partial charge in [0.1, 0.15) is 17.1 Å². The van der Waals surface area contributed by atoms with Gasteiger partial charge in [0.2, 0.25) is 0 Å². The summed E-state index contributed by atoms with van der Waals surface area (Å²) in [4.78, 5) is 20.1. The van der Waals surface area contributed by atoms with Gasteiger partial charge in [-0.2, -0.15) is 0 Å². The number of hydrogen-bond donors (Lipinski definition) is 1. The number of aromatic carboxylic acids is 1. The summed E-state index contributed by atoms with van der Waals surface area (Å²) in [7, 11) is 0. The third-order valence-corrected chi connectivity index (χ3v) is 3.26. The maximum atomic E-state index is 11.4. The van der Waals surface area contributed by atoms with E-state index in [1.54, 1.807) is 24.4 Å². The van der Waals surface area contributed by atoms with Gasteiger partial charge < -0.3 is 9.84 Å². The molecule has 5 nitrogen and oxygen atoms in total. The van der Waals surface area contributed by atoms with Gasteiger partial charge in [-0.05, 0) is 37.6 Å².